The van der Waals surface area contributed by atoms with E-state index in [9.17, 15) is 0 Å². The number of fused-ring (bicyclic) bond motifs is 9. The minimum atomic E-state index is -0.0352. The van der Waals surface area contributed by atoms with Gasteiger partial charge in [0.05, 0.1) is 0 Å². The lowest BCUT2D eigenvalue weighted by Gasteiger charge is -2.22. The van der Waals surface area contributed by atoms with Gasteiger partial charge in [0.2, 0.25) is 0 Å². The van der Waals surface area contributed by atoms with E-state index in [0.29, 0.717) is 0 Å². The van der Waals surface area contributed by atoms with Gasteiger partial charge in [0.25, 0.3) is 0 Å². The summed E-state index contributed by atoms with van der Waals surface area (Å²) in [6, 6.07) is 63.2. The quantitative estimate of drug-likeness (QED) is 0.181. The zero-order valence-electron chi connectivity index (χ0n) is 29.2. The van der Waals surface area contributed by atoms with Gasteiger partial charge in [0.15, 0.2) is 0 Å². The first kappa shape index (κ1) is 29.3. The van der Waals surface area contributed by atoms with E-state index in [0.717, 1.165) is 0 Å². The monoisotopic (exact) mass is 661 g/mol. The first-order valence-corrected chi connectivity index (χ1v) is 18.3. The van der Waals surface area contributed by atoms with Crippen LogP contribution in [0.5, 0.6) is 0 Å². The van der Waals surface area contributed by atoms with Gasteiger partial charge < -0.3 is 4.98 Å². The highest BCUT2D eigenvalue weighted by Gasteiger charge is 2.35. The van der Waals surface area contributed by atoms with Crippen molar-refractivity contribution in [3.8, 4) is 44.5 Å². The Morgan fingerprint density at radius 1 is 0.346 bits per heavy atom. The number of aromatic nitrogens is 1. The highest BCUT2D eigenvalue weighted by molar-refractivity contribution is 6.22. The molecular formula is C51H35N. The van der Waals surface area contributed by atoms with E-state index in [4.69, 9.17) is 0 Å². The summed E-state index contributed by atoms with van der Waals surface area (Å²) in [5.74, 6) is 0. The zero-order chi connectivity index (χ0) is 34.6. The molecule has 52 heavy (non-hydrogen) atoms. The minimum Gasteiger partial charge on any atom is -0.355 e. The van der Waals surface area contributed by atoms with Gasteiger partial charge in [0.1, 0.15) is 0 Å². The van der Waals surface area contributed by atoms with Gasteiger partial charge in [-0.15, -0.1) is 0 Å². The molecule has 1 aromatic heterocycles. The second kappa shape index (κ2) is 10.8. The average molecular weight is 662 g/mol. The van der Waals surface area contributed by atoms with Gasteiger partial charge in [-0.1, -0.05) is 147 Å². The number of H-pyrrole nitrogens is 1. The van der Waals surface area contributed by atoms with Crippen molar-refractivity contribution in [1.29, 1.82) is 0 Å². The second-order valence-electron chi connectivity index (χ2n) is 15.0. The zero-order valence-corrected chi connectivity index (χ0v) is 29.2. The smallest absolute Gasteiger partial charge is 0.0465 e. The number of aromatic amines is 1. The molecule has 1 N–H and O–H groups in total. The molecule has 1 nitrogen and oxygen atoms in total. The molecule has 11 rings (SSSR count). The molecule has 0 radical (unpaired) electrons. The van der Waals surface area contributed by atoms with Crippen molar-refractivity contribution < 1.29 is 0 Å². The third-order valence-electron chi connectivity index (χ3n) is 11.8. The highest BCUT2D eigenvalue weighted by Crippen LogP contribution is 2.51. The summed E-state index contributed by atoms with van der Waals surface area (Å²) in [6.07, 6.45) is 0. The van der Waals surface area contributed by atoms with E-state index in [1.165, 1.54) is 110 Å². The van der Waals surface area contributed by atoms with Crippen LogP contribution in [-0.4, -0.2) is 4.98 Å². The van der Waals surface area contributed by atoms with E-state index >= 15 is 0 Å². The van der Waals surface area contributed by atoms with Crippen LogP contribution in [0.25, 0.3) is 98.6 Å². The maximum Gasteiger partial charge on any atom is 0.0465 e. The topological polar surface area (TPSA) is 15.8 Å². The molecule has 1 heterocycles. The molecule has 0 saturated carbocycles. The molecule has 1 aliphatic rings. The van der Waals surface area contributed by atoms with E-state index < -0.39 is 0 Å². The lowest BCUT2D eigenvalue weighted by molar-refractivity contribution is 0.661. The van der Waals surface area contributed by atoms with Crippen LogP contribution >= 0.6 is 0 Å². The Morgan fingerprint density at radius 3 is 1.54 bits per heavy atom. The molecule has 0 saturated heterocycles. The van der Waals surface area contributed by atoms with Crippen LogP contribution in [0, 0.1) is 0 Å². The normalized spacial score (nSPS) is 13.3. The molecule has 0 bridgehead atoms. The van der Waals surface area contributed by atoms with Crippen LogP contribution in [0.15, 0.2) is 170 Å². The predicted molar refractivity (Wildman–Crippen MR) is 222 cm³/mol. The molecule has 0 atom stereocenters. The molecule has 0 fully saturated rings. The maximum atomic E-state index is 3.60. The molecule has 10 aromatic rings. The fourth-order valence-corrected chi connectivity index (χ4v) is 9.20. The maximum absolute atomic E-state index is 3.60. The van der Waals surface area contributed by atoms with Crippen LogP contribution in [-0.2, 0) is 5.41 Å². The Balaban J connectivity index is 1.05. The highest BCUT2D eigenvalue weighted by atomic mass is 14.7. The fourth-order valence-electron chi connectivity index (χ4n) is 9.20. The SMILES string of the molecule is CC1(C)c2ccc(-c3ccc(-c4c5ccccc5c(-c5ccc6[nH]c7ccccc7c6c5)c5ccccc45)cc3)cc2-c2cc3ccccc3cc21. The van der Waals surface area contributed by atoms with Gasteiger partial charge in [0, 0.05) is 27.2 Å². The molecule has 0 aliphatic heterocycles. The summed E-state index contributed by atoms with van der Waals surface area (Å²) in [7, 11) is 0. The third kappa shape index (κ3) is 4.17. The molecule has 1 heteroatoms. The molecular weight excluding hydrogens is 627 g/mol. The minimum absolute atomic E-state index is 0.0352. The van der Waals surface area contributed by atoms with E-state index in [1.807, 2.05) is 0 Å². The average Bonchev–Trinajstić information content (AvgIpc) is 3.67. The fraction of sp³-hybridized carbons (Fsp3) is 0.0588. The van der Waals surface area contributed by atoms with Gasteiger partial charge in [-0.25, -0.2) is 0 Å². The van der Waals surface area contributed by atoms with Gasteiger partial charge in [-0.2, -0.15) is 0 Å². The van der Waals surface area contributed by atoms with Crippen LogP contribution in [0.3, 0.4) is 0 Å². The summed E-state index contributed by atoms with van der Waals surface area (Å²) in [5.41, 5.74) is 15.4. The Hall–Kier alpha value is -6.44. The van der Waals surface area contributed by atoms with Gasteiger partial charge >= 0.3 is 0 Å². The first-order chi connectivity index (χ1) is 25.5. The Bertz CT molecular complexity index is 3030. The Kier molecular flexibility index (Phi) is 6.08. The molecule has 0 spiro atoms. The van der Waals surface area contributed by atoms with Crippen molar-refractivity contribution in [2.75, 3.05) is 0 Å². The van der Waals surface area contributed by atoms with Crippen LogP contribution in [0.1, 0.15) is 25.0 Å². The second-order valence-corrected chi connectivity index (χ2v) is 15.0. The predicted octanol–water partition coefficient (Wildman–Crippen LogP) is 14.1. The lowest BCUT2D eigenvalue weighted by atomic mass is 9.81. The van der Waals surface area contributed by atoms with Crippen molar-refractivity contribution in [2.24, 2.45) is 0 Å². The van der Waals surface area contributed by atoms with Crippen molar-refractivity contribution >= 4 is 54.1 Å². The van der Waals surface area contributed by atoms with Crippen LogP contribution in [0.4, 0.5) is 0 Å². The van der Waals surface area contributed by atoms with Crippen molar-refractivity contribution in [2.45, 2.75) is 19.3 Å². The summed E-state index contributed by atoms with van der Waals surface area (Å²) < 4.78 is 0. The largest absolute Gasteiger partial charge is 0.355 e. The van der Waals surface area contributed by atoms with Crippen molar-refractivity contribution in [1.82, 2.24) is 4.98 Å². The summed E-state index contributed by atoms with van der Waals surface area (Å²) in [4.78, 5) is 3.60. The molecule has 0 unspecified atom stereocenters. The molecule has 1 aliphatic carbocycles. The number of benzene rings is 9. The number of hydrogen-bond donors (Lipinski definition) is 1. The van der Waals surface area contributed by atoms with Crippen molar-refractivity contribution in [3.05, 3.63) is 181 Å². The molecule has 0 amide bonds. The summed E-state index contributed by atoms with van der Waals surface area (Å²) in [5, 5.41) is 10.2. The van der Waals surface area contributed by atoms with Crippen molar-refractivity contribution in [3.63, 3.8) is 0 Å². The van der Waals surface area contributed by atoms with Crippen LogP contribution in [0.2, 0.25) is 0 Å². The lowest BCUT2D eigenvalue weighted by Crippen LogP contribution is -2.14. The first-order valence-electron chi connectivity index (χ1n) is 18.3. The number of rotatable bonds is 3. The summed E-state index contributed by atoms with van der Waals surface area (Å²) >= 11 is 0. The van der Waals surface area contributed by atoms with E-state index in [-0.39, 0.29) is 5.41 Å². The summed E-state index contributed by atoms with van der Waals surface area (Å²) in [6.45, 7) is 4.72. The van der Waals surface area contributed by atoms with Gasteiger partial charge in [-0.05, 0) is 124 Å². The van der Waals surface area contributed by atoms with Gasteiger partial charge in [-0.3, -0.25) is 0 Å². The Morgan fingerprint density at radius 2 is 0.846 bits per heavy atom. The number of nitrogens with one attached hydrogen (secondary N) is 1. The standard InChI is InChI=1S/C51H35N/c1-51(2)45-25-23-35(28-42(45)43-27-33-11-3-4-12-34(33)30-46(43)51)31-19-21-32(22-20-31)49-38-14-5-7-16-40(38)50(41-17-8-6-15-39(41)49)36-24-26-48-44(29-36)37-13-9-10-18-47(37)52-48/h3-30,52H,1-2H3. The van der Waals surface area contributed by atoms with Crippen LogP contribution < -0.4 is 0 Å². The third-order valence-corrected chi connectivity index (χ3v) is 11.8. The van der Waals surface area contributed by atoms with E-state index in [2.05, 4.69) is 189 Å². The number of para-hydroxylation sites is 1. The molecule has 244 valence electrons. The number of hydrogen-bond acceptors (Lipinski definition) is 0. The molecule has 9 aromatic carbocycles. The Labute approximate surface area is 302 Å². The van der Waals surface area contributed by atoms with E-state index in [1.54, 1.807) is 0 Å².